The molecule has 0 spiro atoms. The van der Waals surface area contributed by atoms with Crippen LogP contribution in [-0.2, 0) is 6.54 Å². The number of rotatable bonds is 6. The van der Waals surface area contributed by atoms with Gasteiger partial charge in [0.25, 0.3) is 0 Å². The minimum Gasteiger partial charge on any atom is -0.392 e. The molecule has 4 nitrogen and oxygen atoms in total. The summed E-state index contributed by atoms with van der Waals surface area (Å²) in [6, 6.07) is 0. The van der Waals surface area contributed by atoms with Crippen molar-refractivity contribution in [2.45, 2.75) is 32.4 Å². The highest BCUT2D eigenvalue weighted by atomic mass is 16.3. The van der Waals surface area contributed by atoms with Crippen LogP contribution < -0.4 is 5.32 Å². The van der Waals surface area contributed by atoms with Gasteiger partial charge in [0, 0.05) is 31.0 Å². The Morgan fingerprint density at radius 3 is 2.79 bits per heavy atom. The summed E-state index contributed by atoms with van der Waals surface area (Å²) in [7, 11) is 0. The van der Waals surface area contributed by atoms with E-state index in [0.29, 0.717) is 13.1 Å². The van der Waals surface area contributed by atoms with Gasteiger partial charge in [-0.25, -0.2) is 9.97 Å². The van der Waals surface area contributed by atoms with E-state index in [0.717, 1.165) is 18.4 Å². The summed E-state index contributed by atoms with van der Waals surface area (Å²) in [4.78, 5) is 7.81. The number of aliphatic hydroxyl groups is 1. The highest BCUT2D eigenvalue weighted by Gasteiger charge is 2.01. The van der Waals surface area contributed by atoms with Crippen LogP contribution in [0.5, 0.6) is 0 Å². The van der Waals surface area contributed by atoms with Gasteiger partial charge in [-0.05, 0) is 6.42 Å². The lowest BCUT2D eigenvalue weighted by molar-refractivity contribution is 0.160. The van der Waals surface area contributed by atoms with Crippen molar-refractivity contribution in [3.63, 3.8) is 0 Å². The molecule has 0 radical (unpaired) electrons. The average molecular weight is 195 g/mol. The molecular formula is C10H17N3O. The van der Waals surface area contributed by atoms with Crippen LogP contribution >= 0.6 is 0 Å². The highest BCUT2D eigenvalue weighted by molar-refractivity contribution is 5.01. The van der Waals surface area contributed by atoms with Crippen LogP contribution in [0.2, 0.25) is 0 Å². The summed E-state index contributed by atoms with van der Waals surface area (Å²) in [6.07, 6.45) is 6.66. The molecule has 0 saturated heterocycles. The fourth-order valence-electron chi connectivity index (χ4n) is 1.24. The first kappa shape index (κ1) is 11.1. The van der Waals surface area contributed by atoms with Crippen molar-refractivity contribution in [2.75, 3.05) is 6.54 Å². The van der Waals surface area contributed by atoms with E-state index in [9.17, 15) is 5.11 Å². The van der Waals surface area contributed by atoms with Gasteiger partial charge >= 0.3 is 0 Å². The Labute approximate surface area is 84.4 Å². The molecule has 1 rings (SSSR count). The zero-order valence-corrected chi connectivity index (χ0v) is 8.48. The van der Waals surface area contributed by atoms with Crippen LogP contribution in [0.4, 0.5) is 0 Å². The van der Waals surface area contributed by atoms with E-state index in [2.05, 4.69) is 22.2 Å². The van der Waals surface area contributed by atoms with E-state index < -0.39 is 0 Å². The molecule has 0 aliphatic carbocycles. The molecule has 1 heterocycles. The molecule has 2 N–H and O–H groups in total. The third-order valence-electron chi connectivity index (χ3n) is 1.95. The van der Waals surface area contributed by atoms with Crippen molar-refractivity contribution in [3.8, 4) is 0 Å². The van der Waals surface area contributed by atoms with Crippen LogP contribution in [-0.4, -0.2) is 27.7 Å². The van der Waals surface area contributed by atoms with Crippen LogP contribution in [0.25, 0.3) is 0 Å². The number of hydrogen-bond acceptors (Lipinski definition) is 4. The molecule has 1 aromatic heterocycles. The lowest BCUT2D eigenvalue weighted by Crippen LogP contribution is -2.26. The Morgan fingerprint density at radius 2 is 2.14 bits per heavy atom. The summed E-state index contributed by atoms with van der Waals surface area (Å²) in [6.45, 7) is 3.40. The van der Waals surface area contributed by atoms with Crippen molar-refractivity contribution in [1.82, 2.24) is 15.3 Å². The molecule has 1 aromatic rings. The van der Waals surface area contributed by atoms with Gasteiger partial charge in [-0.3, -0.25) is 0 Å². The van der Waals surface area contributed by atoms with E-state index in [-0.39, 0.29) is 6.10 Å². The quantitative estimate of drug-likeness (QED) is 0.702. The minimum atomic E-state index is -0.246. The molecule has 78 valence electrons. The molecule has 0 saturated carbocycles. The second-order valence-corrected chi connectivity index (χ2v) is 3.32. The molecule has 1 atom stereocenters. The smallest absolute Gasteiger partial charge is 0.115 e. The number of aromatic nitrogens is 2. The zero-order chi connectivity index (χ0) is 10.2. The summed E-state index contributed by atoms with van der Waals surface area (Å²) in [5.74, 6) is 0. The Hall–Kier alpha value is -1.00. The van der Waals surface area contributed by atoms with E-state index >= 15 is 0 Å². The lowest BCUT2D eigenvalue weighted by atomic mass is 10.2. The van der Waals surface area contributed by atoms with Crippen molar-refractivity contribution in [1.29, 1.82) is 0 Å². The molecule has 1 unspecified atom stereocenters. The van der Waals surface area contributed by atoms with Gasteiger partial charge in [0.2, 0.25) is 0 Å². The standard InChI is InChI=1S/C10H17N3O/c1-2-3-10(14)7-11-4-9-5-12-8-13-6-9/h5-6,8,10-11,14H,2-4,7H2,1H3. The van der Waals surface area contributed by atoms with Crippen molar-refractivity contribution in [2.24, 2.45) is 0 Å². The fraction of sp³-hybridized carbons (Fsp3) is 0.600. The second kappa shape index (κ2) is 6.45. The Bertz CT molecular complexity index is 240. The molecule has 14 heavy (non-hydrogen) atoms. The highest BCUT2D eigenvalue weighted by Crippen LogP contribution is 1.95. The summed E-state index contributed by atoms with van der Waals surface area (Å²) in [5.41, 5.74) is 1.04. The van der Waals surface area contributed by atoms with E-state index in [4.69, 9.17) is 0 Å². The topological polar surface area (TPSA) is 58.0 Å². The Balaban J connectivity index is 2.16. The third kappa shape index (κ3) is 4.30. The Kier molecular flexibility index (Phi) is 5.11. The van der Waals surface area contributed by atoms with Crippen LogP contribution in [0.3, 0.4) is 0 Å². The molecule has 0 bridgehead atoms. The maximum atomic E-state index is 9.43. The van der Waals surface area contributed by atoms with Crippen LogP contribution in [0.15, 0.2) is 18.7 Å². The maximum absolute atomic E-state index is 9.43. The molecule has 4 heteroatoms. The predicted molar refractivity (Wildman–Crippen MR) is 54.7 cm³/mol. The van der Waals surface area contributed by atoms with Gasteiger partial charge in [-0.2, -0.15) is 0 Å². The summed E-state index contributed by atoms with van der Waals surface area (Å²) >= 11 is 0. The average Bonchev–Trinajstić information content (AvgIpc) is 2.20. The van der Waals surface area contributed by atoms with Gasteiger partial charge in [-0.15, -0.1) is 0 Å². The number of nitrogens with one attached hydrogen (secondary N) is 1. The van der Waals surface area contributed by atoms with Gasteiger partial charge in [-0.1, -0.05) is 13.3 Å². The van der Waals surface area contributed by atoms with Crippen molar-refractivity contribution >= 4 is 0 Å². The largest absolute Gasteiger partial charge is 0.392 e. The van der Waals surface area contributed by atoms with Gasteiger partial charge in [0.05, 0.1) is 6.10 Å². The molecule has 0 aliphatic rings. The number of nitrogens with zero attached hydrogens (tertiary/aromatic N) is 2. The molecule has 0 aliphatic heterocycles. The maximum Gasteiger partial charge on any atom is 0.115 e. The van der Waals surface area contributed by atoms with Gasteiger partial charge in [0.15, 0.2) is 0 Å². The molecular weight excluding hydrogens is 178 g/mol. The van der Waals surface area contributed by atoms with Gasteiger partial charge in [0.1, 0.15) is 6.33 Å². The van der Waals surface area contributed by atoms with Gasteiger partial charge < -0.3 is 10.4 Å². The normalized spacial score (nSPS) is 12.7. The second-order valence-electron chi connectivity index (χ2n) is 3.32. The van der Waals surface area contributed by atoms with E-state index in [1.54, 1.807) is 12.4 Å². The fourth-order valence-corrected chi connectivity index (χ4v) is 1.24. The first-order valence-corrected chi connectivity index (χ1v) is 4.95. The minimum absolute atomic E-state index is 0.246. The van der Waals surface area contributed by atoms with Crippen LogP contribution in [0.1, 0.15) is 25.3 Å². The zero-order valence-electron chi connectivity index (χ0n) is 8.48. The first-order chi connectivity index (χ1) is 6.83. The predicted octanol–water partition coefficient (Wildman–Crippen LogP) is 0.727. The van der Waals surface area contributed by atoms with E-state index in [1.807, 2.05) is 0 Å². The summed E-state index contributed by atoms with van der Waals surface area (Å²) in [5, 5.41) is 12.6. The van der Waals surface area contributed by atoms with Crippen LogP contribution in [0, 0.1) is 0 Å². The number of aliphatic hydroxyl groups excluding tert-OH is 1. The van der Waals surface area contributed by atoms with E-state index in [1.165, 1.54) is 6.33 Å². The molecule has 0 fully saturated rings. The monoisotopic (exact) mass is 195 g/mol. The third-order valence-corrected chi connectivity index (χ3v) is 1.95. The molecule has 0 amide bonds. The number of hydrogen-bond donors (Lipinski definition) is 2. The molecule has 0 aromatic carbocycles. The summed E-state index contributed by atoms with van der Waals surface area (Å²) < 4.78 is 0. The Morgan fingerprint density at radius 1 is 1.43 bits per heavy atom. The first-order valence-electron chi connectivity index (χ1n) is 4.95. The van der Waals surface area contributed by atoms with Crippen molar-refractivity contribution in [3.05, 3.63) is 24.3 Å². The van der Waals surface area contributed by atoms with Crippen molar-refractivity contribution < 1.29 is 5.11 Å². The SMILES string of the molecule is CCCC(O)CNCc1cncnc1. The lowest BCUT2D eigenvalue weighted by Gasteiger charge is -2.09.